The molecular formula is C26H31N3O5. The molecule has 1 fully saturated rings. The van der Waals surface area contributed by atoms with Crippen molar-refractivity contribution in [1.82, 2.24) is 4.90 Å². The van der Waals surface area contributed by atoms with Crippen molar-refractivity contribution in [2.24, 2.45) is 0 Å². The topological polar surface area (TPSA) is 88.2 Å². The second-order valence-corrected chi connectivity index (χ2v) is 8.92. The quantitative estimate of drug-likeness (QED) is 0.658. The summed E-state index contributed by atoms with van der Waals surface area (Å²) in [5.74, 6) is -0.0472. The minimum Gasteiger partial charge on any atom is -0.477 e. The minimum atomic E-state index is -0.646. The maximum Gasteiger partial charge on any atom is 0.338 e. The Balaban J connectivity index is 1.41. The van der Waals surface area contributed by atoms with E-state index in [1.165, 1.54) is 0 Å². The number of carbonyl (C=O) groups is 3. The van der Waals surface area contributed by atoms with Crippen LogP contribution < -0.4 is 15.0 Å². The van der Waals surface area contributed by atoms with Gasteiger partial charge in [-0.25, -0.2) is 4.79 Å². The van der Waals surface area contributed by atoms with Crippen LogP contribution in [0.1, 0.15) is 43.5 Å². The van der Waals surface area contributed by atoms with Gasteiger partial charge in [-0.1, -0.05) is 12.1 Å². The summed E-state index contributed by atoms with van der Waals surface area (Å²) < 4.78 is 11.2. The zero-order chi connectivity index (χ0) is 24.1. The monoisotopic (exact) mass is 465 g/mol. The zero-order valence-electron chi connectivity index (χ0n) is 19.7. The molecule has 2 aromatic rings. The molecular weight excluding hydrogens is 434 g/mol. The van der Waals surface area contributed by atoms with Crippen LogP contribution in [0.3, 0.4) is 0 Å². The highest BCUT2D eigenvalue weighted by Crippen LogP contribution is 2.33. The van der Waals surface area contributed by atoms with E-state index >= 15 is 0 Å². The first-order chi connectivity index (χ1) is 16.4. The van der Waals surface area contributed by atoms with E-state index in [-0.39, 0.29) is 24.5 Å². The van der Waals surface area contributed by atoms with Gasteiger partial charge in [-0.05, 0) is 69.5 Å². The SMILES string of the molecule is CC(C)OC(=O)c1ccc(NC(=O)CN2C[C@H](C(=O)N3CCCCC3)Oc3ccccc32)cc1. The van der Waals surface area contributed by atoms with Gasteiger partial charge < -0.3 is 24.6 Å². The summed E-state index contributed by atoms with van der Waals surface area (Å²) in [4.78, 5) is 41.7. The molecule has 0 unspecified atom stereocenters. The van der Waals surface area contributed by atoms with Gasteiger partial charge in [0.2, 0.25) is 5.91 Å². The minimum absolute atomic E-state index is 0.0246. The molecule has 2 amide bonds. The molecule has 4 rings (SSSR count). The van der Waals surface area contributed by atoms with E-state index in [4.69, 9.17) is 9.47 Å². The third kappa shape index (κ3) is 5.68. The number of hydrogen-bond acceptors (Lipinski definition) is 6. The van der Waals surface area contributed by atoms with Gasteiger partial charge in [-0.2, -0.15) is 0 Å². The number of nitrogens with zero attached hydrogens (tertiary/aromatic N) is 2. The molecule has 0 aliphatic carbocycles. The number of para-hydroxylation sites is 2. The number of esters is 1. The Kier molecular flexibility index (Phi) is 7.35. The fourth-order valence-corrected chi connectivity index (χ4v) is 4.25. The van der Waals surface area contributed by atoms with Crippen molar-refractivity contribution in [1.29, 1.82) is 0 Å². The van der Waals surface area contributed by atoms with E-state index in [9.17, 15) is 14.4 Å². The molecule has 2 aliphatic heterocycles. The van der Waals surface area contributed by atoms with Crippen molar-refractivity contribution >= 4 is 29.2 Å². The van der Waals surface area contributed by atoms with Gasteiger partial charge in [0.15, 0.2) is 6.10 Å². The number of ether oxygens (including phenoxy) is 2. The molecule has 0 saturated carbocycles. The molecule has 8 heteroatoms. The lowest BCUT2D eigenvalue weighted by molar-refractivity contribution is -0.139. The van der Waals surface area contributed by atoms with Crippen LogP contribution in [0.5, 0.6) is 5.75 Å². The Morgan fingerprint density at radius 1 is 1.03 bits per heavy atom. The molecule has 1 atom stereocenters. The van der Waals surface area contributed by atoms with E-state index < -0.39 is 12.1 Å². The van der Waals surface area contributed by atoms with Gasteiger partial charge in [0, 0.05) is 18.8 Å². The predicted molar refractivity (Wildman–Crippen MR) is 129 cm³/mol. The summed E-state index contributed by atoms with van der Waals surface area (Å²) >= 11 is 0. The molecule has 0 spiro atoms. The standard InChI is InChI=1S/C26H31N3O5/c1-18(2)33-26(32)19-10-12-20(13-11-19)27-24(30)17-29-16-23(25(31)28-14-6-3-7-15-28)34-22-9-5-4-8-21(22)29/h4-5,8-13,18,23H,3,6-7,14-17H2,1-2H3,(H,27,30)/t23-/m1/s1. The van der Waals surface area contributed by atoms with Crippen LogP contribution in [0.15, 0.2) is 48.5 Å². The van der Waals surface area contributed by atoms with E-state index in [1.54, 1.807) is 38.1 Å². The lowest BCUT2D eigenvalue weighted by Gasteiger charge is -2.38. The van der Waals surface area contributed by atoms with Crippen LogP contribution in [-0.2, 0) is 14.3 Å². The van der Waals surface area contributed by atoms with Crippen LogP contribution in [0.25, 0.3) is 0 Å². The molecule has 0 radical (unpaired) electrons. The number of anilines is 2. The van der Waals surface area contributed by atoms with Crippen molar-refractivity contribution in [2.45, 2.75) is 45.3 Å². The molecule has 0 aromatic heterocycles. The maximum atomic E-state index is 13.1. The number of amides is 2. The third-order valence-electron chi connectivity index (χ3n) is 5.89. The zero-order valence-corrected chi connectivity index (χ0v) is 19.7. The van der Waals surface area contributed by atoms with Crippen LogP contribution in [0.2, 0.25) is 0 Å². The largest absolute Gasteiger partial charge is 0.477 e. The molecule has 1 saturated heterocycles. The van der Waals surface area contributed by atoms with E-state index in [1.807, 2.05) is 34.1 Å². The van der Waals surface area contributed by atoms with Gasteiger partial charge in [-0.15, -0.1) is 0 Å². The number of carbonyl (C=O) groups excluding carboxylic acids is 3. The number of benzene rings is 2. The van der Waals surface area contributed by atoms with Gasteiger partial charge in [-0.3, -0.25) is 9.59 Å². The number of likely N-dealkylation sites (tertiary alicyclic amines) is 1. The van der Waals surface area contributed by atoms with Crippen LogP contribution in [0, 0.1) is 0 Å². The average molecular weight is 466 g/mol. The number of hydrogen-bond donors (Lipinski definition) is 1. The van der Waals surface area contributed by atoms with E-state index in [0.717, 1.165) is 38.0 Å². The maximum absolute atomic E-state index is 13.1. The molecule has 0 bridgehead atoms. The van der Waals surface area contributed by atoms with Gasteiger partial charge in [0.1, 0.15) is 5.75 Å². The van der Waals surface area contributed by atoms with Crippen LogP contribution in [-0.4, -0.2) is 61.1 Å². The number of piperidine rings is 1. The molecule has 2 aromatic carbocycles. The molecule has 1 N–H and O–H groups in total. The third-order valence-corrected chi connectivity index (χ3v) is 5.89. The Morgan fingerprint density at radius 2 is 1.74 bits per heavy atom. The van der Waals surface area contributed by atoms with E-state index in [2.05, 4.69) is 5.32 Å². The van der Waals surface area contributed by atoms with Gasteiger partial charge >= 0.3 is 5.97 Å². The summed E-state index contributed by atoms with van der Waals surface area (Å²) in [6, 6.07) is 14.0. The highest BCUT2D eigenvalue weighted by Gasteiger charge is 2.34. The lowest BCUT2D eigenvalue weighted by atomic mass is 10.1. The smallest absolute Gasteiger partial charge is 0.338 e. The summed E-state index contributed by atoms with van der Waals surface area (Å²) in [7, 11) is 0. The highest BCUT2D eigenvalue weighted by atomic mass is 16.5. The first-order valence-electron chi connectivity index (χ1n) is 11.8. The molecule has 180 valence electrons. The number of fused-ring (bicyclic) bond motifs is 1. The number of nitrogens with one attached hydrogen (secondary N) is 1. The second-order valence-electron chi connectivity index (χ2n) is 8.92. The predicted octanol–water partition coefficient (Wildman–Crippen LogP) is 3.47. The fraction of sp³-hybridized carbons (Fsp3) is 0.423. The van der Waals surface area contributed by atoms with E-state index in [0.29, 0.717) is 23.5 Å². The first-order valence-corrected chi connectivity index (χ1v) is 11.8. The molecule has 8 nitrogen and oxygen atoms in total. The summed E-state index contributed by atoms with van der Waals surface area (Å²) in [6.45, 7) is 5.46. The first kappa shape index (κ1) is 23.6. The second kappa shape index (κ2) is 10.6. The number of rotatable bonds is 6. The Bertz CT molecular complexity index is 1030. The average Bonchev–Trinajstić information content (AvgIpc) is 2.84. The van der Waals surface area contributed by atoms with Crippen LogP contribution >= 0.6 is 0 Å². The van der Waals surface area contributed by atoms with Crippen molar-refractivity contribution in [3.63, 3.8) is 0 Å². The van der Waals surface area contributed by atoms with Gasteiger partial charge in [0.05, 0.1) is 30.4 Å². The van der Waals surface area contributed by atoms with Crippen molar-refractivity contribution in [3.05, 3.63) is 54.1 Å². The van der Waals surface area contributed by atoms with Gasteiger partial charge in [0.25, 0.3) is 5.91 Å². The van der Waals surface area contributed by atoms with Crippen molar-refractivity contribution in [3.8, 4) is 5.75 Å². The van der Waals surface area contributed by atoms with Crippen LogP contribution in [0.4, 0.5) is 11.4 Å². The summed E-state index contributed by atoms with van der Waals surface area (Å²) in [5, 5.41) is 2.87. The summed E-state index contributed by atoms with van der Waals surface area (Å²) in [6.07, 6.45) is 2.31. The Labute approximate surface area is 199 Å². The fourth-order valence-electron chi connectivity index (χ4n) is 4.25. The normalized spacial score (nSPS) is 17.6. The molecule has 34 heavy (non-hydrogen) atoms. The summed E-state index contributed by atoms with van der Waals surface area (Å²) in [5.41, 5.74) is 1.79. The molecule has 2 aliphatic rings. The Hall–Kier alpha value is -3.55. The highest BCUT2D eigenvalue weighted by molar-refractivity contribution is 5.96. The molecule has 2 heterocycles. The lowest BCUT2D eigenvalue weighted by Crippen LogP contribution is -2.52. The van der Waals surface area contributed by atoms with Crippen molar-refractivity contribution < 1.29 is 23.9 Å². The van der Waals surface area contributed by atoms with Crippen molar-refractivity contribution in [2.75, 3.05) is 36.4 Å². The Morgan fingerprint density at radius 3 is 2.44 bits per heavy atom.